The van der Waals surface area contributed by atoms with Crippen LogP contribution in [0.15, 0.2) is 18.2 Å². The number of ketones is 3. The molecule has 0 aromatic heterocycles. The molecule has 1 aliphatic rings. The van der Waals surface area contributed by atoms with Gasteiger partial charge in [0.15, 0.2) is 5.78 Å². The standard InChI is InChI=1S/C19H22O3/c1-5-6-14-7-11(2)17(12(3)8-14)18-16(21)10-15(19(18)22)9-13(4)20/h5-8,15,18H,9-10H2,1-4H3/b6-5+. The van der Waals surface area contributed by atoms with Crippen molar-refractivity contribution >= 4 is 23.4 Å². The lowest BCUT2D eigenvalue weighted by atomic mass is 9.86. The molecule has 0 saturated heterocycles. The van der Waals surface area contributed by atoms with Crippen LogP contribution in [-0.4, -0.2) is 17.3 Å². The minimum Gasteiger partial charge on any atom is -0.300 e. The van der Waals surface area contributed by atoms with Gasteiger partial charge in [-0.15, -0.1) is 0 Å². The minimum absolute atomic E-state index is 0.0383. The summed E-state index contributed by atoms with van der Waals surface area (Å²) in [6, 6.07) is 4.00. The third kappa shape index (κ3) is 3.08. The number of allylic oxidation sites excluding steroid dienone is 1. The monoisotopic (exact) mass is 298 g/mol. The van der Waals surface area contributed by atoms with Crippen molar-refractivity contribution in [3.63, 3.8) is 0 Å². The predicted octanol–water partition coefficient (Wildman–Crippen LogP) is 3.56. The zero-order valence-corrected chi connectivity index (χ0v) is 13.6. The van der Waals surface area contributed by atoms with Crippen LogP contribution in [0.1, 0.15) is 54.9 Å². The van der Waals surface area contributed by atoms with Gasteiger partial charge < -0.3 is 4.79 Å². The zero-order valence-electron chi connectivity index (χ0n) is 13.6. The minimum atomic E-state index is -0.691. The molecule has 0 spiro atoms. The van der Waals surface area contributed by atoms with Crippen molar-refractivity contribution in [3.8, 4) is 0 Å². The Kier molecular flexibility index (Phi) is 4.74. The first-order valence-corrected chi connectivity index (χ1v) is 7.64. The van der Waals surface area contributed by atoms with E-state index in [1.54, 1.807) is 0 Å². The normalized spacial score (nSPS) is 21.8. The van der Waals surface area contributed by atoms with Gasteiger partial charge in [-0.1, -0.05) is 24.3 Å². The summed E-state index contributed by atoms with van der Waals surface area (Å²) in [5.41, 5.74) is 3.82. The van der Waals surface area contributed by atoms with Gasteiger partial charge in [0.05, 0.1) is 0 Å². The average molecular weight is 298 g/mol. The van der Waals surface area contributed by atoms with Crippen LogP contribution < -0.4 is 0 Å². The fourth-order valence-electron chi connectivity index (χ4n) is 3.43. The van der Waals surface area contributed by atoms with Gasteiger partial charge in [0, 0.05) is 18.8 Å². The van der Waals surface area contributed by atoms with Gasteiger partial charge in [0.25, 0.3) is 0 Å². The van der Waals surface area contributed by atoms with E-state index < -0.39 is 11.8 Å². The lowest BCUT2D eigenvalue weighted by Crippen LogP contribution is -2.18. The van der Waals surface area contributed by atoms with E-state index in [1.165, 1.54) is 6.92 Å². The molecule has 3 nitrogen and oxygen atoms in total. The summed E-state index contributed by atoms with van der Waals surface area (Å²) in [5, 5.41) is 0. The highest BCUT2D eigenvalue weighted by Gasteiger charge is 2.43. The van der Waals surface area contributed by atoms with Crippen LogP contribution in [0.2, 0.25) is 0 Å². The second-order valence-electron chi connectivity index (χ2n) is 6.18. The maximum atomic E-state index is 12.6. The molecule has 1 saturated carbocycles. The molecular weight excluding hydrogens is 276 g/mol. The number of aryl methyl sites for hydroxylation is 2. The highest BCUT2D eigenvalue weighted by atomic mass is 16.2. The van der Waals surface area contributed by atoms with Gasteiger partial charge in [-0.3, -0.25) is 9.59 Å². The molecule has 1 fully saturated rings. The smallest absolute Gasteiger partial charge is 0.151 e. The van der Waals surface area contributed by atoms with E-state index in [2.05, 4.69) is 0 Å². The Morgan fingerprint density at radius 2 is 1.82 bits per heavy atom. The summed E-state index contributed by atoms with van der Waals surface area (Å²) in [5.74, 6) is -1.32. The van der Waals surface area contributed by atoms with Crippen molar-refractivity contribution in [1.29, 1.82) is 0 Å². The maximum absolute atomic E-state index is 12.6. The Hall–Kier alpha value is -2.03. The largest absolute Gasteiger partial charge is 0.300 e. The van der Waals surface area contributed by atoms with Gasteiger partial charge >= 0.3 is 0 Å². The number of carbonyl (C=O) groups is 3. The van der Waals surface area contributed by atoms with Gasteiger partial charge in [-0.2, -0.15) is 0 Å². The van der Waals surface area contributed by atoms with E-state index in [9.17, 15) is 14.4 Å². The van der Waals surface area contributed by atoms with Crippen molar-refractivity contribution in [3.05, 3.63) is 40.5 Å². The third-order valence-electron chi connectivity index (χ3n) is 4.25. The molecule has 22 heavy (non-hydrogen) atoms. The van der Waals surface area contributed by atoms with Crippen LogP contribution >= 0.6 is 0 Å². The van der Waals surface area contributed by atoms with E-state index in [1.807, 2.05) is 45.1 Å². The highest BCUT2D eigenvalue weighted by molar-refractivity contribution is 6.15. The molecule has 2 unspecified atom stereocenters. The molecule has 0 bridgehead atoms. The van der Waals surface area contributed by atoms with Crippen molar-refractivity contribution in [2.75, 3.05) is 0 Å². The molecular formula is C19H22O3. The molecule has 116 valence electrons. The number of carbonyl (C=O) groups excluding carboxylic acids is 3. The first-order valence-electron chi connectivity index (χ1n) is 7.64. The summed E-state index contributed by atoms with van der Waals surface area (Å²) in [6.45, 7) is 7.30. The van der Waals surface area contributed by atoms with Crippen molar-refractivity contribution in [2.45, 2.75) is 46.5 Å². The Bertz CT molecular complexity index is 644. The number of hydrogen-bond donors (Lipinski definition) is 0. The number of hydrogen-bond acceptors (Lipinski definition) is 3. The van der Waals surface area contributed by atoms with Crippen LogP contribution in [-0.2, 0) is 14.4 Å². The Labute approximate surface area is 131 Å². The second kappa shape index (κ2) is 6.39. The van der Waals surface area contributed by atoms with E-state index >= 15 is 0 Å². The van der Waals surface area contributed by atoms with Gasteiger partial charge in [0.2, 0.25) is 0 Å². The van der Waals surface area contributed by atoms with Crippen molar-refractivity contribution < 1.29 is 14.4 Å². The van der Waals surface area contributed by atoms with E-state index in [4.69, 9.17) is 0 Å². The number of benzene rings is 1. The molecule has 1 aromatic rings. The van der Waals surface area contributed by atoms with E-state index in [-0.39, 0.29) is 30.2 Å². The van der Waals surface area contributed by atoms with E-state index in [0.717, 1.165) is 22.3 Å². The summed E-state index contributed by atoms with van der Waals surface area (Å²) in [4.78, 5) is 36.2. The van der Waals surface area contributed by atoms with Crippen LogP contribution in [0, 0.1) is 19.8 Å². The SMILES string of the molecule is C/C=C/c1cc(C)c(C2C(=O)CC(CC(C)=O)C2=O)c(C)c1. The quantitative estimate of drug-likeness (QED) is 0.799. The molecule has 0 aliphatic heterocycles. The fourth-order valence-corrected chi connectivity index (χ4v) is 3.43. The molecule has 2 rings (SSSR count). The number of Topliss-reactive ketones (excluding diaryl/α,β-unsaturated/α-hetero) is 3. The van der Waals surface area contributed by atoms with Crippen LogP contribution in [0.25, 0.3) is 6.08 Å². The molecule has 3 heteroatoms. The van der Waals surface area contributed by atoms with E-state index in [0.29, 0.717) is 0 Å². The van der Waals surface area contributed by atoms with Crippen molar-refractivity contribution in [1.82, 2.24) is 0 Å². The number of rotatable bonds is 4. The molecule has 0 heterocycles. The topological polar surface area (TPSA) is 51.2 Å². The zero-order chi connectivity index (χ0) is 16.4. The van der Waals surface area contributed by atoms with Crippen LogP contribution in [0.3, 0.4) is 0 Å². The molecule has 0 N–H and O–H groups in total. The maximum Gasteiger partial charge on any atom is 0.151 e. The third-order valence-corrected chi connectivity index (χ3v) is 4.25. The summed E-state index contributed by atoms with van der Waals surface area (Å²) in [6.07, 6.45) is 4.33. The van der Waals surface area contributed by atoms with Crippen molar-refractivity contribution in [2.24, 2.45) is 5.92 Å². The summed E-state index contributed by atoms with van der Waals surface area (Å²) in [7, 11) is 0. The lowest BCUT2D eigenvalue weighted by Gasteiger charge is -2.16. The Morgan fingerprint density at radius 1 is 1.23 bits per heavy atom. The Morgan fingerprint density at radius 3 is 2.32 bits per heavy atom. The lowest BCUT2D eigenvalue weighted by molar-refractivity contribution is -0.127. The fraction of sp³-hybridized carbons (Fsp3) is 0.421. The molecule has 2 atom stereocenters. The summed E-state index contributed by atoms with van der Waals surface area (Å²) < 4.78 is 0. The van der Waals surface area contributed by atoms with Crippen LogP contribution in [0.5, 0.6) is 0 Å². The molecule has 1 aromatic carbocycles. The molecule has 0 amide bonds. The van der Waals surface area contributed by atoms with Gasteiger partial charge in [-0.05, 0) is 49.9 Å². The summed E-state index contributed by atoms with van der Waals surface area (Å²) >= 11 is 0. The van der Waals surface area contributed by atoms with Gasteiger partial charge in [0.1, 0.15) is 17.5 Å². The Balaban J connectivity index is 2.41. The molecule has 0 radical (unpaired) electrons. The first-order chi connectivity index (χ1) is 10.3. The van der Waals surface area contributed by atoms with Gasteiger partial charge in [-0.25, -0.2) is 0 Å². The highest BCUT2D eigenvalue weighted by Crippen LogP contribution is 2.37. The average Bonchev–Trinajstić information content (AvgIpc) is 2.65. The molecule has 1 aliphatic carbocycles. The van der Waals surface area contributed by atoms with Crippen LogP contribution in [0.4, 0.5) is 0 Å². The second-order valence-corrected chi connectivity index (χ2v) is 6.18. The predicted molar refractivity (Wildman–Crippen MR) is 86.8 cm³/mol. The first kappa shape index (κ1) is 16.3.